The smallest absolute Gasteiger partial charge is 0.270 e. The molecule has 1 aromatic heterocycles. The minimum atomic E-state index is -0.332. The van der Waals surface area contributed by atoms with Crippen LogP contribution in [0.4, 0.5) is 4.39 Å². The summed E-state index contributed by atoms with van der Waals surface area (Å²) in [6.45, 7) is 1.08. The van der Waals surface area contributed by atoms with E-state index in [0.29, 0.717) is 42.5 Å². The largest absolute Gasteiger partial charge is 0.393 e. The number of aliphatic hydroxyl groups excluding tert-OH is 1. The van der Waals surface area contributed by atoms with Crippen LogP contribution in [-0.4, -0.2) is 40.1 Å². The van der Waals surface area contributed by atoms with Gasteiger partial charge in [0.25, 0.3) is 5.91 Å². The van der Waals surface area contributed by atoms with Crippen LogP contribution in [0.2, 0.25) is 0 Å². The molecule has 5 heteroatoms. The van der Waals surface area contributed by atoms with Crippen molar-refractivity contribution in [3.8, 4) is 0 Å². The first-order valence-corrected chi connectivity index (χ1v) is 6.40. The van der Waals surface area contributed by atoms with Crippen LogP contribution in [0.15, 0.2) is 24.3 Å². The van der Waals surface area contributed by atoms with Crippen LogP contribution in [0.1, 0.15) is 23.3 Å². The molecule has 1 aliphatic rings. The predicted molar refractivity (Wildman–Crippen MR) is 69.4 cm³/mol. The van der Waals surface area contributed by atoms with Crippen LogP contribution in [0.5, 0.6) is 0 Å². The fourth-order valence-electron chi connectivity index (χ4n) is 2.47. The van der Waals surface area contributed by atoms with Crippen LogP contribution in [-0.2, 0) is 0 Å². The number of H-pyrrole nitrogens is 1. The van der Waals surface area contributed by atoms with E-state index in [9.17, 15) is 14.3 Å². The molecular weight excluding hydrogens is 247 g/mol. The highest BCUT2D eigenvalue weighted by Crippen LogP contribution is 2.20. The number of amides is 1. The molecule has 0 radical (unpaired) electrons. The quantitative estimate of drug-likeness (QED) is 0.824. The van der Waals surface area contributed by atoms with E-state index in [1.807, 2.05) is 0 Å². The van der Waals surface area contributed by atoms with Crippen molar-refractivity contribution in [1.82, 2.24) is 9.88 Å². The second kappa shape index (κ2) is 4.66. The van der Waals surface area contributed by atoms with Crippen molar-refractivity contribution in [1.29, 1.82) is 0 Å². The Bertz CT molecular complexity index is 615. The lowest BCUT2D eigenvalue weighted by atomic mass is 10.1. The molecule has 0 unspecified atom stereocenters. The summed E-state index contributed by atoms with van der Waals surface area (Å²) in [7, 11) is 0. The van der Waals surface area contributed by atoms with E-state index in [1.165, 1.54) is 6.07 Å². The summed E-state index contributed by atoms with van der Waals surface area (Å²) in [6.07, 6.45) is 0.880. The van der Waals surface area contributed by atoms with Gasteiger partial charge >= 0.3 is 0 Å². The van der Waals surface area contributed by atoms with Gasteiger partial charge in [0.1, 0.15) is 11.5 Å². The topological polar surface area (TPSA) is 56.3 Å². The molecule has 4 nitrogen and oxygen atoms in total. The molecule has 0 spiro atoms. The Balaban J connectivity index is 1.87. The zero-order valence-electron chi connectivity index (χ0n) is 10.4. The summed E-state index contributed by atoms with van der Waals surface area (Å²) < 4.78 is 13.6. The van der Waals surface area contributed by atoms with Gasteiger partial charge in [0.15, 0.2) is 0 Å². The van der Waals surface area contributed by atoms with Gasteiger partial charge in [-0.15, -0.1) is 0 Å². The van der Waals surface area contributed by atoms with Gasteiger partial charge in [-0.3, -0.25) is 4.79 Å². The highest BCUT2D eigenvalue weighted by Gasteiger charge is 2.23. The van der Waals surface area contributed by atoms with Gasteiger partial charge in [0.05, 0.1) is 6.10 Å². The van der Waals surface area contributed by atoms with Crippen molar-refractivity contribution in [3.05, 3.63) is 35.8 Å². The Labute approximate surface area is 109 Å². The van der Waals surface area contributed by atoms with E-state index in [4.69, 9.17) is 0 Å². The van der Waals surface area contributed by atoms with Crippen molar-refractivity contribution < 1.29 is 14.3 Å². The maximum atomic E-state index is 13.6. The third kappa shape index (κ3) is 2.21. The van der Waals surface area contributed by atoms with Gasteiger partial charge in [0.2, 0.25) is 0 Å². The molecule has 0 aliphatic carbocycles. The first kappa shape index (κ1) is 12.2. The van der Waals surface area contributed by atoms with Gasteiger partial charge < -0.3 is 15.0 Å². The third-order valence-corrected chi connectivity index (χ3v) is 3.59. The molecule has 2 N–H and O–H groups in total. The number of hydrogen-bond acceptors (Lipinski definition) is 2. The van der Waals surface area contributed by atoms with E-state index in [0.717, 1.165) is 0 Å². The first-order valence-electron chi connectivity index (χ1n) is 6.40. The number of nitrogens with zero attached hydrogens (tertiary/aromatic N) is 1. The number of nitrogens with one attached hydrogen (secondary N) is 1. The second-order valence-corrected chi connectivity index (χ2v) is 4.91. The second-order valence-electron chi connectivity index (χ2n) is 4.91. The minimum Gasteiger partial charge on any atom is -0.393 e. The first-order chi connectivity index (χ1) is 9.15. The summed E-state index contributed by atoms with van der Waals surface area (Å²) in [6, 6.07) is 6.29. The Morgan fingerprint density at radius 2 is 2.11 bits per heavy atom. The average molecular weight is 262 g/mol. The number of carbonyl (C=O) groups excluding carboxylic acids is 1. The number of piperidine rings is 1. The molecule has 1 saturated heterocycles. The van der Waals surface area contributed by atoms with Crippen LogP contribution in [0.25, 0.3) is 10.9 Å². The maximum Gasteiger partial charge on any atom is 0.270 e. The molecule has 3 rings (SSSR count). The number of carbonyl (C=O) groups is 1. The zero-order chi connectivity index (χ0) is 13.4. The SMILES string of the molecule is O=C(c1cc2c(F)cccc2[nH]1)N1CCC(O)CC1. The van der Waals surface area contributed by atoms with E-state index in [-0.39, 0.29) is 17.8 Å². The van der Waals surface area contributed by atoms with Crippen LogP contribution < -0.4 is 0 Å². The normalized spacial score (nSPS) is 17.1. The lowest BCUT2D eigenvalue weighted by Crippen LogP contribution is -2.40. The Morgan fingerprint density at radius 3 is 2.79 bits per heavy atom. The Morgan fingerprint density at radius 1 is 1.37 bits per heavy atom. The number of aliphatic hydroxyl groups is 1. The van der Waals surface area contributed by atoms with Gasteiger partial charge in [-0.25, -0.2) is 4.39 Å². The number of benzene rings is 1. The standard InChI is InChI=1S/C14H15FN2O2/c15-11-2-1-3-12-10(11)8-13(16-12)14(19)17-6-4-9(18)5-7-17/h1-3,8-9,16,18H,4-7H2. The van der Waals surface area contributed by atoms with Crippen molar-refractivity contribution in [3.63, 3.8) is 0 Å². The number of hydrogen-bond donors (Lipinski definition) is 2. The number of fused-ring (bicyclic) bond motifs is 1. The molecule has 19 heavy (non-hydrogen) atoms. The Hall–Kier alpha value is -1.88. The Kier molecular flexibility index (Phi) is 2.98. The molecule has 1 amide bonds. The molecule has 0 saturated carbocycles. The fourth-order valence-corrected chi connectivity index (χ4v) is 2.47. The molecule has 100 valence electrons. The highest BCUT2D eigenvalue weighted by molar-refractivity contribution is 5.98. The number of aromatic amines is 1. The summed E-state index contributed by atoms with van der Waals surface area (Å²) in [5, 5.41) is 9.87. The van der Waals surface area contributed by atoms with Gasteiger partial charge in [-0.1, -0.05) is 6.07 Å². The number of rotatable bonds is 1. The van der Waals surface area contributed by atoms with Gasteiger partial charge in [0, 0.05) is 24.0 Å². The molecule has 1 aliphatic heterocycles. The maximum absolute atomic E-state index is 13.6. The highest BCUT2D eigenvalue weighted by atomic mass is 19.1. The van der Waals surface area contributed by atoms with Crippen molar-refractivity contribution >= 4 is 16.8 Å². The summed E-state index contributed by atoms with van der Waals surface area (Å²) in [5.41, 5.74) is 1.02. The molecule has 2 aromatic rings. The van der Waals surface area contributed by atoms with E-state index in [2.05, 4.69) is 4.98 Å². The van der Waals surface area contributed by atoms with Crippen molar-refractivity contribution in [2.75, 3.05) is 13.1 Å². The summed E-state index contributed by atoms with van der Waals surface area (Å²) >= 11 is 0. The van der Waals surface area contributed by atoms with Crippen LogP contribution in [0.3, 0.4) is 0 Å². The van der Waals surface area contributed by atoms with Gasteiger partial charge in [-0.05, 0) is 31.0 Å². The van der Waals surface area contributed by atoms with Crippen LogP contribution in [0, 0.1) is 5.82 Å². The molecule has 1 fully saturated rings. The van der Waals surface area contributed by atoms with Crippen molar-refractivity contribution in [2.24, 2.45) is 0 Å². The van der Waals surface area contributed by atoms with Gasteiger partial charge in [-0.2, -0.15) is 0 Å². The summed E-state index contributed by atoms with van der Waals surface area (Å²) in [5.74, 6) is -0.468. The van der Waals surface area contributed by atoms with E-state index in [1.54, 1.807) is 23.1 Å². The lowest BCUT2D eigenvalue weighted by Gasteiger charge is -2.29. The molecule has 0 bridgehead atoms. The van der Waals surface area contributed by atoms with Crippen LogP contribution >= 0.6 is 0 Å². The number of halogens is 1. The number of likely N-dealkylation sites (tertiary alicyclic amines) is 1. The summed E-state index contributed by atoms with van der Waals surface area (Å²) in [4.78, 5) is 16.9. The fraction of sp³-hybridized carbons (Fsp3) is 0.357. The van der Waals surface area contributed by atoms with E-state index >= 15 is 0 Å². The lowest BCUT2D eigenvalue weighted by molar-refractivity contribution is 0.0542. The average Bonchev–Trinajstić information content (AvgIpc) is 2.84. The van der Waals surface area contributed by atoms with Crippen molar-refractivity contribution in [2.45, 2.75) is 18.9 Å². The monoisotopic (exact) mass is 262 g/mol. The predicted octanol–water partition coefficient (Wildman–Crippen LogP) is 1.90. The third-order valence-electron chi connectivity index (χ3n) is 3.59. The minimum absolute atomic E-state index is 0.137. The number of aromatic nitrogens is 1. The molecule has 2 heterocycles. The molecule has 0 atom stereocenters. The molecule has 1 aromatic carbocycles. The zero-order valence-corrected chi connectivity index (χ0v) is 10.4. The molecular formula is C14H15FN2O2. The van der Waals surface area contributed by atoms with E-state index < -0.39 is 0 Å².